The van der Waals surface area contributed by atoms with Crippen LogP contribution in [0.2, 0.25) is 0 Å². The number of carbonyl (C=O) groups excluding carboxylic acids is 1. The van der Waals surface area contributed by atoms with E-state index in [1.54, 1.807) is 0 Å². The number of hydrogen-bond donors (Lipinski definition) is 2. The predicted octanol–water partition coefficient (Wildman–Crippen LogP) is 1.63. The van der Waals surface area contributed by atoms with Crippen LogP contribution in [0.15, 0.2) is 18.2 Å². The van der Waals surface area contributed by atoms with E-state index in [1.165, 1.54) is 0 Å². The molecule has 0 spiro atoms. The Bertz CT molecular complexity index is 437. The van der Waals surface area contributed by atoms with Gasteiger partial charge in [-0.2, -0.15) is 0 Å². The maximum Gasteiger partial charge on any atom is 0.253 e. The molecule has 1 aromatic carbocycles. The Balaban J connectivity index is 2.11. The standard InChI is InChI=1S/C14H20N2O2/c1-10-9-11(3-4-13(10)15-2)14(18)16-7-5-12(17)6-8-16/h3-4,9,12,15,17H,5-8H2,1-2H3. The van der Waals surface area contributed by atoms with Gasteiger partial charge in [0.15, 0.2) is 0 Å². The molecule has 1 saturated heterocycles. The molecule has 0 atom stereocenters. The molecule has 0 unspecified atom stereocenters. The van der Waals surface area contributed by atoms with E-state index in [9.17, 15) is 9.90 Å². The molecule has 0 radical (unpaired) electrons. The highest BCUT2D eigenvalue weighted by molar-refractivity contribution is 5.95. The van der Waals surface area contributed by atoms with Crippen molar-refractivity contribution in [1.29, 1.82) is 0 Å². The summed E-state index contributed by atoms with van der Waals surface area (Å²) in [5.74, 6) is 0.0626. The van der Waals surface area contributed by atoms with Crippen molar-refractivity contribution in [2.75, 3.05) is 25.5 Å². The first kappa shape index (κ1) is 12.9. The number of rotatable bonds is 2. The Morgan fingerprint density at radius 3 is 2.61 bits per heavy atom. The normalized spacial score (nSPS) is 16.7. The third-order valence-electron chi connectivity index (χ3n) is 3.49. The summed E-state index contributed by atoms with van der Waals surface area (Å²) >= 11 is 0. The molecule has 1 aliphatic rings. The zero-order chi connectivity index (χ0) is 13.1. The third-order valence-corrected chi connectivity index (χ3v) is 3.49. The molecule has 0 bridgehead atoms. The molecule has 2 rings (SSSR count). The van der Waals surface area contributed by atoms with Crippen LogP contribution in [0.4, 0.5) is 5.69 Å². The van der Waals surface area contributed by atoms with Gasteiger partial charge in [-0.3, -0.25) is 4.79 Å². The molecule has 4 heteroatoms. The highest BCUT2D eigenvalue weighted by atomic mass is 16.3. The van der Waals surface area contributed by atoms with E-state index in [1.807, 2.05) is 37.1 Å². The number of carbonyl (C=O) groups is 1. The molecule has 18 heavy (non-hydrogen) atoms. The van der Waals surface area contributed by atoms with Crippen molar-refractivity contribution in [3.8, 4) is 0 Å². The second-order valence-corrected chi connectivity index (χ2v) is 4.80. The zero-order valence-corrected chi connectivity index (χ0v) is 10.9. The Kier molecular flexibility index (Phi) is 3.87. The Morgan fingerprint density at radius 2 is 2.06 bits per heavy atom. The third kappa shape index (κ3) is 2.64. The summed E-state index contributed by atoms with van der Waals surface area (Å²) in [6.45, 7) is 3.28. The Morgan fingerprint density at radius 1 is 1.39 bits per heavy atom. The van der Waals surface area contributed by atoms with Crippen LogP contribution in [0.1, 0.15) is 28.8 Å². The lowest BCUT2D eigenvalue weighted by Crippen LogP contribution is -2.40. The SMILES string of the molecule is CNc1ccc(C(=O)N2CCC(O)CC2)cc1C. The van der Waals surface area contributed by atoms with E-state index in [0.717, 1.165) is 16.8 Å². The van der Waals surface area contributed by atoms with E-state index in [0.29, 0.717) is 25.9 Å². The second kappa shape index (κ2) is 5.40. The summed E-state index contributed by atoms with van der Waals surface area (Å²) in [7, 11) is 1.87. The predicted molar refractivity (Wildman–Crippen MR) is 71.9 cm³/mol. The van der Waals surface area contributed by atoms with Crippen LogP contribution in [0.3, 0.4) is 0 Å². The minimum atomic E-state index is -0.248. The largest absolute Gasteiger partial charge is 0.393 e. The second-order valence-electron chi connectivity index (χ2n) is 4.80. The maximum absolute atomic E-state index is 12.3. The molecule has 1 amide bonds. The molecule has 0 saturated carbocycles. The number of aliphatic hydroxyl groups excluding tert-OH is 1. The minimum absolute atomic E-state index is 0.0626. The molecule has 1 aromatic rings. The van der Waals surface area contributed by atoms with Gasteiger partial charge < -0.3 is 15.3 Å². The highest BCUT2D eigenvalue weighted by Gasteiger charge is 2.22. The van der Waals surface area contributed by atoms with E-state index >= 15 is 0 Å². The number of amides is 1. The van der Waals surface area contributed by atoms with Crippen LogP contribution in [-0.4, -0.2) is 42.2 Å². The van der Waals surface area contributed by atoms with Crippen molar-refractivity contribution >= 4 is 11.6 Å². The number of aliphatic hydroxyl groups is 1. The number of aryl methyl sites for hydroxylation is 1. The molecule has 1 heterocycles. The lowest BCUT2D eigenvalue weighted by Gasteiger charge is -2.29. The topological polar surface area (TPSA) is 52.6 Å². The van der Waals surface area contributed by atoms with Gasteiger partial charge in [0.1, 0.15) is 0 Å². The molecule has 4 nitrogen and oxygen atoms in total. The van der Waals surface area contributed by atoms with Gasteiger partial charge in [0.2, 0.25) is 0 Å². The molecule has 0 aromatic heterocycles. The van der Waals surface area contributed by atoms with E-state index in [-0.39, 0.29) is 12.0 Å². The first-order chi connectivity index (χ1) is 8.61. The van der Waals surface area contributed by atoms with Gasteiger partial charge in [0.25, 0.3) is 5.91 Å². The van der Waals surface area contributed by atoms with Gasteiger partial charge >= 0.3 is 0 Å². The molecule has 2 N–H and O–H groups in total. The van der Waals surface area contributed by atoms with E-state index < -0.39 is 0 Å². The van der Waals surface area contributed by atoms with Gasteiger partial charge in [-0.05, 0) is 43.5 Å². The average molecular weight is 248 g/mol. The van der Waals surface area contributed by atoms with Crippen molar-refractivity contribution in [1.82, 2.24) is 4.90 Å². The van der Waals surface area contributed by atoms with Crippen LogP contribution < -0.4 is 5.32 Å². The number of nitrogens with zero attached hydrogens (tertiary/aromatic N) is 1. The van der Waals surface area contributed by atoms with Crippen LogP contribution in [-0.2, 0) is 0 Å². The lowest BCUT2D eigenvalue weighted by atomic mass is 10.0. The quantitative estimate of drug-likeness (QED) is 0.836. The van der Waals surface area contributed by atoms with Crippen LogP contribution >= 0.6 is 0 Å². The lowest BCUT2D eigenvalue weighted by molar-refractivity contribution is 0.0546. The summed E-state index contributed by atoms with van der Waals surface area (Å²) in [6.07, 6.45) is 1.11. The van der Waals surface area contributed by atoms with Gasteiger partial charge in [0, 0.05) is 31.4 Å². The average Bonchev–Trinajstić information content (AvgIpc) is 2.38. The summed E-state index contributed by atoms with van der Waals surface area (Å²) in [4.78, 5) is 14.1. The molecule has 98 valence electrons. The van der Waals surface area contributed by atoms with Gasteiger partial charge in [-0.15, -0.1) is 0 Å². The van der Waals surface area contributed by atoms with Crippen LogP contribution in [0, 0.1) is 6.92 Å². The van der Waals surface area contributed by atoms with Crippen LogP contribution in [0.25, 0.3) is 0 Å². The van der Waals surface area contributed by atoms with Crippen molar-refractivity contribution in [2.24, 2.45) is 0 Å². The summed E-state index contributed by atoms with van der Waals surface area (Å²) < 4.78 is 0. The Hall–Kier alpha value is -1.55. The van der Waals surface area contributed by atoms with Gasteiger partial charge in [0.05, 0.1) is 6.10 Å². The van der Waals surface area contributed by atoms with Crippen LogP contribution in [0.5, 0.6) is 0 Å². The number of nitrogens with one attached hydrogen (secondary N) is 1. The Labute approximate surface area is 108 Å². The zero-order valence-electron chi connectivity index (χ0n) is 10.9. The number of piperidine rings is 1. The monoisotopic (exact) mass is 248 g/mol. The maximum atomic E-state index is 12.3. The first-order valence-corrected chi connectivity index (χ1v) is 6.37. The minimum Gasteiger partial charge on any atom is -0.393 e. The van der Waals surface area contributed by atoms with Crippen molar-refractivity contribution in [3.05, 3.63) is 29.3 Å². The molecular formula is C14H20N2O2. The van der Waals surface area contributed by atoms with E-state index in [2.05, 4.69) is 5.32 Å². The fraction of sp³-hybridized carbons (Fsp3) is 0.500. The fourth-order valence-corrected chi connectivity index (χ4v) is 2.33. The highest BCUT2D eigenvalue weighted by Crippen LogP contribution is 2.19. The van der Waals surface area contributed by atoms with Crippen molar-refractivity contribution in [3.63, 3.8) is 0 Å². The van der Waals surface area contributed by atoms with Crippen molar-refractivity contribution < 1.29 is 9.90 Å². The first-order valence-electron chi connectivity index (χ1n) is 6.37. The number of anilines is 1. The number of hydrogen-bond acceptors (Lipinski definition) is 3. The summed E-state index contributed by atoms with van der Waals surface area (Å²) in [6, 6.07) is 5.70. The van der Waals surface area contributed by atoms with Gasteiger partial charge in [-0.1, -0.05) is 0 Å². The molecule has 1 aliphatic heterocycles. The smallest absolute Gasteiger partial charge is 0.253 e. The molecule has 0 aliphatic carbocycles. The molecule has 1 fully saturated rings. The fourth-order valence-electron chi connectivity index (χ4n) is 2.33. The van der Waals surface area contributed by atoms with Crippen molar-refractivity contribution in [2.45, 2.75) is 25.9 Å². The summed E-state index contributed by atoms with van der Waals surface area (Å²) in [5, 5.41) is 12.5. The number of likely N-dealkylation sites (tertiary alicyclic amines) is 1. The van der Waals surface area contributed by atoms with E-state index in [4.69, 9.17) is 0 Å². The molecular weight excluding hydrogens is 228 g/mol. The summed E-state index contributed by atoms with van der Waals surface area (Å²) in [5.41, 5.74) is 2.84. The number of benzene rings is 1. The van der Waals surface area contributed by atoms with Gasteiger partial charge in [-0.25, -0.2) is 0 Å².